The second kappa shape index (κ2) is 6.40. The fourth-order valence-corrected chi connectivity index (χ4v) is 2.94. The molecule has 0 bridgehead atoms. The van der Waals surface area contributed by atoms with Crippen LogP contribution in [0.25, 0.3) is 16.9 Å². The molecule has 0 unspecified atom stereocenters. The summed E-state index contributed by atoms with van der Waals surface area (Å²) in [6, 6.07) is 16.9. The average Bonchev–Trinajstić information content (AvgIpc) is 3.05. The molecule has 0 spiro atoms. The third kappa shape index (κ3) is 3.04. The number of benzene rings is 2. The van der Waals surface area contributed by atoms with Gasteiger partial charge in [0.1, 0.15) is 5.52 Å². The van der Waals surface area contributed by atoms with Crippen molar-refractivity contribution in [3.63, 3.8) is 0 Å². The van der Waals surface area contributed by atoms with Gasteiger partial charge in [0.15, 0.2) is 5.65 Å². The molecule has 6 nitrogen and oxygen atoms in total. The van der Waals surface area contributed by atoms with Gasteiger partial charge in [-0.15, -0.1) is 5.10 Å². The van der Waals surface area contributed by atoms with Gasteiger partial charge in [-0.1, -0.05) is 11.3 Å². The minimum absolute atomic E-state index is 0.150. The fourth-order valence-electron chi connectivity index (χ4n) is 2.94. The van der Waals surface area contributed by atoms with Gasteiger partial charge in [0.2, 0.25) is 0 Å². The maximum atomic E-state index is 12.5. The lowest BCUT2D eigenvalue weighted by molar-refractivity contribution is 0.102. The summed E-state index contributed by atoms with van der Waals surface area (Å²) in [6.07, 6.45) is 1.70. The van der Waals surface area contributed by atoms with E-state index in [-0.39, 0.29) is 5.91 Å². The number of hydrogen-bond acceptors (Lipinski definition) is 4. The number of aromatic nitrogens is 4. The van der Waals surface area contributed by atoms with Crippen LogP contribution in [0.1, 0.15) is 21.5 Å². The molecule has 0 saturated carbocycles. The number of hydrogen-bond donors (Lipinski definition) is 1. The van der Waals surface area contributed by atoms with Crippen molar-refractivity contribution >= 4 is 22.8 Å². The van der Waals surface area contributed by atoms with E-state index < -0.39 is 0 Å². The lowest BCUT2D eigenvalue weighted by Gasteiger charge is -2.08. The molecule has 0 aliphatic heterocycles. The van der Waals surface area contributed by atoms with Gasteiger partial charge < -0.3 is 5.32 Å². The normalized spacial score (nSPS) is 10.8. The number of amides is 1. The fraction of sp³-hybridized carbons (Fsp3) is 0.100. The number of carbonyl (C=O) groups excluding carboxylic acids is 1. The summed E-state index contributed by atoms with van der Waals surface area (Å²) in [5.74, 6) is -0.150. The van der Waals surface area contributed by atoms with E-state index in [4.69, 9.17) is 0 Å². The quantitative estimate of drug-likeness (QED) is 0.616. The van der Waals surface area contributed by atoms with Gasteiger partial charge in [-0.25, -0.2) is 4.98 Å². The van der Waals surface area contributed by atoms with Gasteiger partial charge in [-0.3, -0.25) is 4.79 Å². The third-order valence-corrected chi connectivity index (χ3v) is 4.06. The standard InChI is InChI=1S/C20H17N5O/c1-13-10-14(2)12-16(11-13)22-20(26)15-5-7-17(8-6-15)25-19-18(23-24-25)4-3-9-21-19/h3-12H,1-2H3,(H,22,26). The molecule has 0 aliphatic carbocycles. The molecule has 4 aromatic rings. The number of rotatable bonds is 3. The molecule has 128 valence electrons. The molecule has 1 amide bonds. The Morgan fingerprint density at radius 2 is 1.73 bits per heavy atom. The molecular weight excluding hydrogens is 326 g/mol. The highest BCUT2D eigenvalue weighted by atomic mass is 16.1. The maximum Gasteiger partial charge on any atom is 0.255 e. The van der Waals surface area contributed by atoms with Crippen molar-refractivity contribution in [3.05, 3.63) is 77.5 Å². The van der Waals surface area contributed by atoms with Gasteiger partial charge >= 0.3 is 0 Å². The highest BCUT2D eigenvalue weighted by molar-refractivity contribution is 6.04. The SMILES string of the molecule is Cc1cc(C)cc(NC(=O)c2ccc(-n3nnc4cccnc43)cc2)c1. The summed E-state index contributed by atoms with van der Waals surface area (Å²) in [5.41, 5.74) is 5.80. The second-order valence-electron chi connectivity index (χ2n) is 6.22. The van der Waals surface area contributed by atoms with Crippen molar-refractivity contribution in [1.82, 2.24) is 20.0 Å². The lowest BCUT2D eigenvalue weighted by atomic mass is 10.1. The van der Waals surface area contributed by atoms with Crippen LogP contribution in [-0.2, 0) is 0 Å². The zero-order valence-electron chi connectivity index (χ0n) is 14.5. The van der Waals surface area contributed by atoms with Crippen LogP contribution in [0.15, 0.2) is 60.8 Å². The molecule has 2 heterocycles. The van der Waals surface area contributed by atoms with Crippen molar-refractivity contribution in [2.75, 3.05) is 5.32 Å². The number of carbonyl (C=O) groups is 1. The van der Waals surface area contributed by atoms with E-state index in [0.29, 0.717) is 11.2 Å². The highest BCUT2D eigenvalue weighted by Crippen LogP contribution is 2.17. The summed E-state index contributed by atoms with van der Waals surface area (Å²) in [5, 5.41) is 11.2. The Kier molecular flexibility index (Phi) is 3.93. The van der Waals surface area contributed by atoms with E-state index in [9.17, 15) is 4.79 Å². The van der Waals surface area contributed by atoms with Crippen LogP contribution in [0.5, 0.6) is 0 Å². The number of nitrogens with one attached hydrogen (secondary N) is 1. The van der Waals surface area contributed by atoms with Crippen molar-refractivity contribution in [2.45, 2.75) is 13.8 Å². The van der Waals surface area contributed by atoms with Crippen LogP contribution < -0.4 is 5.32 Å². The maximum absolute atomic E-state index is 12.5. The van der Waals surface area contributed by atoms with Crippen LogP contribution in [0.3, 0.4) is 0 Å². The molecule has 26 heavy (non-hydrogen) atoms. The molecule has 0 radical (unpaired) electrons. The number of aryl methyl sites for hydroxylation is 2. The Bertz CT molecular complexity index is 1080. The topological polar surface area (TPSA) is 72.7 Å². The molecule has 0 saturated heterocycles. The molecule has 6 heteroatoms. The molecule has 0 atom stereocenters. The molecule has 2 aromatic heterocycles. The number of fused-ring (bicyclic) bond motifs is 1. The van der Waals surface area contributed by atoms with E-state index >= 15 is 0 Å². The Morgan fingerprint density at radius 1 is 1.00 bits per heavy atom. The predicted molar refractivity (Wildman–Crippen MR) is 101 cm³/mol. The van der Waals surface area contributed by atoms with Crippen molar-refractivity contribution < 1.29 is 4.79 Å². The third-order valence-electron chi connectivity index (χ3n) is 4.06. The molecule has 1 N–H and O–H groups in total. The van der Waals surface area contributed by atoms with Gasteiger partial charge in [0.25, 0.3) is 5.91 Å². The van der Waals surface area contributed by atoms with Crippen LogP contribution in [-0.4, -0.2) is 25.9 Å². The number of pyridine rings is 1. The van der Waals surface area contributed by atoms with Crippen molar-refractivity contribution in [3.8, 4) is 5.69 Å². The summed E-state index contributed by atoms with van der Waals surface area (Å²) < 4.78 is 1.65. The van der Waals surface area contributed by atoms with Crippen LogP contribution in [0, 0.1) is 13.8 Å². The number of anilines is 1. The molecule has 0 aliphatic rings. The summed E-state index contributed by atoms with van der Waals surface area (Å²) in [7, 11) is 0. The van der Waals surface area contributed by atoms with E-state index in [2.05, 4.69) is 26.7 Å². The largest absolute Gasteiger partial charge is 0.322 e. The number of nitrogens with zero attached hydrogens (tertiary/aromatic N) is 4. The molecular formula is C20H17N5O. The Hall–Kier alpha value is -3.54. The van der Waals surface area contributed by atoms with Crippen LogP contribution in [0.2, 0.25) is 0 Å². The lowest BCUT2D eigenvalue weighted by Crippen LogP contribution is -2.12. The first-order valence-electron chi connectivity index (χ1n) is 8.27. The van der Waals surface area contributed by atoms with E-state index in [0.717, 1.165) is 28.0 Å². The van der Waals surface area contributed by atoms with E-state index in [1.807, 2.05) is 50.2 Å². The Balaban J connectivity index is 1.58. The second-order valence-corrected chi connectivity index (χ2v) is 6.22. The Labute approximate surface area is 150 Å². The van der Waals surface area contributed by atoms with Crippen molar-refractivity contribution in [1.29, 1.82) is 0 Å². The van der Waals surface area contributed by atoms with Crippen molar-refractivity contribution in [2.24, 2.45) is 0 Å². The van der Waals surface area contributed by atoms with Crippen LogP contribution in [0.4, 0.5) is 5.69 Å². The van der Waals surface area contributed by atoms with Gasteiger partial charge in [-0.05, 0) is 73.5 Å². The summed E-state index contributed by atoms with van der Waals surface area (Å²) in [6.45, 7) is 4.02. The Morgan fingerprint density at radius 3 is 2.46 bits per heavy atom. The highest BCUT2D eigenvalue weighted by Gasteiger charge is 2.10. The zero-order valence-corrected chi connectivity index (χ0v) is 14.5. The van der Waals surface area contributed by atoms with E-state index in [1.165, 1.54) is 0 Å². The average molecular weight is 343 g/mol. The predicted octanol–water partition coefficient (Wildman–Crippen LogP) is 3.68. The summed E-state index contributed by atoms with van der Waals surface area (Å²) in [4.78, 5) is 16.8. The van der Waals surface area contributed by atoms with Gasteiger partial charge in [0.05, 0.1) is 5.69 Å². The molecule has 2 aromatic carbocycles. The van der Waals surface area contributed by atoms with E-state index in [1.54, 1.807) is 23.0 Å². The first-order valence-corrected chi connectivity index (χ1v) is 8.27. The first-order chi connectivity index (χ1) is 12.6. The van der Waals surface area contributed by atoms with Gasteiger partial charge in [0, 0.05) is 17.4 Å². The minimum atomic E-state index is -0.150. The van der Waals surface area contributed by atoms with Crippen LogP contribution >= 0.6 is 0 Å². The smallest absolute Gasteiger partial charge is 0.255 e. The summed E-state index contributed by atoms with van der Waals surface area (Å²) >= 11 is 0. The molecule has 0 fully saturated rings. The minimum Gasteiger partial charge on any atom is -0.322 e. The zero-order chi connectivity index (χ0) is 18.1. The molecule has 4 rings (SSSR count). The first kappa shape index (κ1) is 16.0. The monoisotopic (exact) mass is 343 g/mol. The van der Waals surface area contributed by atoms with Gasteiger partial charge in [-0.2, -0.15) is 4.68 Å².